The topological polar surface area (TPSA) is 36.9 Å². The molecule has 0 radical (unpaired) electrons. The van der Waals surface area contributed by atoms with Gasteiger partial charge >= 0.3 is 8.80 Å². The summed E-state index contributed by atoms with van der Waals surface area (Å²) < 4.78 is 23.1. The zero-order chi connectivity index (χ0) is 15.0. The molecule has 0 aromatic heterocycles. The molecule has 0 saturated heterocycles. The second-order valence-corrected chi connectivity index (χ2v) is 7.06. The Balaban J connectivity index is 3.04. The fourth-order valence-corrected chi connectivity index (χ4v) is 4.80. The Kier molecular flexibility index (Phi) is 7.22. The Labute approximate surface area is 123 Å². The van der Waals surface area contributed by atoms with Crippen LogP contribution >= 0.6 is 0 Å². The van der Waals surface area contributed by atoms with Gasteiger partial charge in [-0.3, -0.25) is 0 Å². The number of hydrogen-bond acceptors (Lipinski definition) is 4. The van der Waals surface area contributed by atoms with Crippen molar-refractivity contribution < 1.29 is 18.0 Å². The second-order valence-electron chi connectivity index (χ2n) is 4.47. The van der Waals surface area contributed by atoms with Gasteiger partial charge in [0.25, 0.3) is 0 Å². The smallest absolute Gasteiger partial charge is 0.496 e. The molecule has 1 aromatic carbocycles. The van der Waals surface area contributed by atoms with Crippen molar-refractivity contribution in [2.75, 3.05) is 26.9 Å². The highest BCUT2D eigenvalue weighted by atomic mass is 28.4. The van der Waals surface area contributed by atoms with Gasteiger partial charge in [-0.2, -0.15) is 0 Å². The second kappa shape index (κ2) is 8.41. The Bertz CT molecular complexity index is 392. The van der Waals surface area contributed by atoms with Gasteiger partial charge in [0.1, 0.15) is 5.75 Å². The summed E-state index contributed by atoms with van der Waals surface area (Å²) >= 11 is 0. The van der Waals surface area contributed by atoms with E-state index >= 15 is 0 Å². The van der Waals surface area contributed by atoms with Crippen LogP contribution < -0.4 is 4.74 Å². The Morgan fingerprint density at radius 1 is 0.950 bits per heavy atom. The first kappa shape index (κ1) is 17.2. The molecule has 0 atom stereocenters. The fourth-order valence-electron chi connectivity index (χ4n) is 2.17. The van der Waals surface area contributed by atoms with Crippen LogP contribution in [-0.2, 0) is 19.3 Å². The summed E-state index contributed by atoms with van der Waals surface area (Å²) in [5.41, 5.74) is 2.24. The number of ether oxygens (including phenoxy) is 1. The molecule has 1 rings (SSSR count). The van der Waals surface area contributed by atoms with Gasteiger partial charge in [0.05, 0.1) is 7.11 Å². The average Bonchev–Trinajstić information content (AvgIpc) is 2.41. The minimum Gasteiger partial charge on any atom is -0.496 e. The van der Waals surface area contributed by atoms with Crippen molar-refractivity contribution in [2.24, 2.45) is 0 Å². The van der Waals surface area contributed by atoms with E-state index in [0.717, 1.165) is 11.3 Å². The molecule has 0 fully saturated rings. The fraction of sp³-hybridized carbons (Fsp3) is 0.600. The lowest BCUT2D eigenvalue weighted by Crippen LogP contribution is -2.48. The predicted molar refractivity (Wildman–Crippen MR) is 82.1 cm³/mol. The number of benzene rings is 1. The summed E-state index contributed by atoms with van der Waals surface area (Å²) in [4.78, 5) is 0. The van der Waals surface area contributed by atoms with Crippen molar-refractivity contribution in [2.45, 2.75) is 33.7 Å². The first-order chi connectivity index (χ1) is 9.60. The van der Waals surface area contributed by atoms with Crippen LogP contribution in [0.1, 0.15) is 31.9 Å². The Morgan fingerprint density at radius 3 is 1.95 bits per heavy atom. The van der Waals surface area contributed by atoms with Crippen molar-refractivity contribution in [1.82, 2.24) is 0 Å². The quantitative estimate of drug-likeness (QED) is 0.656. The summed E-state index contributed by atoms with van der Waals surface area (Å²) in [6.45, 7) is 9.69. The molecule has 0 aliphatic heterocycles. The van der Waals surface area contributed by atoms with Gasteiger partial charge in [-0.1, -0.05) is 12.1 Å². The molecule has 0 aliphatic rings. The van der Waals surface area contributed by atoms with E-state index in [-0.39, 0.29) is 0 Å². The molecule has 0 unspecified atom stereocenters. The van der Waals surface area contributed by atoms with Crippen molar-refractivity contribution in [3.8, 4) is 5.75 Å². The lowest BCUT2D eigenvalue weighted by atomic mass is 10.1. The van der Waals surface area contributed by atoms with Crippen molar-refractivity contribution in [3.63, 3.8) is 0 Å². The molecule has 0 aliphatic carbocycles. The molecule has 0 heterocycles. The SMILES string of the molecule is CCO[Si](Cc1ccc(C)cc1OC)(OCC)OCC. The molecule has 0 amide bonds. The molecule has 5 heteroatoms. The van der Waals surface area contributed by atoms with Gasteiger partial charge < -0.3 is 18.0 Å². The zero-order valence-corrected chi connectivity index (χ0v) is 14.2. The average molecular weight is 298 g/mol. The molecule has 0 spiro atoms. The number of rotatable bonds is 9. The third kappa shape index (κ3) is 4.59. The molecule has 4 nitrogen and oxygen atoms in total. The van der Waals surface area contributed by atoms with E-state index in [0.29, 0.717) is 25.9 Å². The Morgan fingerprint density at radius 2 is 1.50 bits per heavy atom. The van der Waals surface area contributed by atoms with E-state index in [9.17, 15) is 0 Å². The van der Waals surface area contributed by atoms with Gasteiger partial charge in [-0.15, -0.1) is 0 Å². The maximum absolute atomic E-state index is 5.88. The van der Waals surface area contributed by atoms with Crippen molar-refractivity contribution in [1.29, 1.82) is 0 Å². The molecule has 1 aromatic rings. The Hall–Kier alpha value is -0.883. The predicted octanol–water partition coefficient (Wildman–Crippen LogP) is 3.13. The summed E-state index contributed by atoms with van der Waals surface area (Å²) in [5.74, 6) is 0.862. The number of aryl methyl sites for hydroxylation is 1. The standard InChI is InChI=1S/C15H26O4Si/c1-6-17-20(18-7-2,19-8-3)12-14-10-9-13(4)11-15(14)16-5/h9-11H,6-8,12H2,1-5H3. The summed E-state index contributed by atoms with van der Waals surface area (Å²) in [7, 11) is -0.997. The molecule has 0 N–H and O–H groups in total. The van der Waals surface area contributed by atoms with Crippen LogP contribution in [0, 0.1) is 6.92 Å². The number of hydrogen-bond donors (Lipinski definition) is 0. The zero-order valence-electron chi connectivity index (χ0n) is 13.2. The van der Waals surface area contributed by atoms with Gasteiger partial charge in [0, 0.05) is 25.9 Å². The van der Waals surface area contributed by atoms with E-state index in [1.807, 2.05) is 33.8 Å². The van der Waals surface area contributed by atoms with Crippen LogP contribution in [0.2, 0.25) is 0 Å². The third-order valence-corrected chi connectivity index (χ3v) is 5.94. The van der Waals surface area contributed by atoms with Gasteiger partial charge in [0.2, 0.25) is 0 Å². The highest BCUT2D eigenvalue weighted by Gasteiger charge is 2.41. The van der Waals surface area contributed by atoms with E-state index in [1.165, 1.54) is 5.56 Å². The first-order valence-electron chi connectivity index (χ1n) is 7.16. The molecular weight excluding hydrogens is 272 g/mol. The highest BCUT2D eigenvalue weighted by Crippen LogP contribution is 2.25. The van der Waals surface area contributed by atoms with E-state index in [2.05, 4.69) is 12.1 Å². The molecular formula is C15H26O4Si. The molecule has 0 bridgehead atoms. The first-order valence-corrected chi connectivity index (χ1v) is 9.09. The summed E-state index contributed by atoms with van der Waals surface area (Å²) in [5, 5.41) is 0. The van der Waals surface area contributed by atoms with Crippen LogP contribution in [0.5, 0.6) is 5.75 Å². The van der Waals surface area contributed by atoms with Crippen molar-refractivity contribution >= 4 is 8.80 Å². The number of methoxy groups -OCH3 is 1. The highest BCUT2D eigenvalue weighted by molar-refractivity contribution is 6.60. The summed E-state index contributed by atoms with van der Waals surface area (Å²) in [6.07, 6.45) is 0. The van der Waals surface area contributed by atoms with Gasteiger partial charge in [-0.05, 0) is 44.9 Å². The van der Waals surface area contributed by atoms with E-state index in [4.69, 9.17) is 18.0 Å². The van der Waals surface area contributed by atoms with Crippen LogP contribution in [0.4, 0.5) is 0 Å². The largest absolute Gasteiger partial charge is 0.505 e. The van der Waals surface area contributed by atoms with Crippen LogP contribution in [0.15, 0.2) is 18.2 Å². The monoisotopic (exact) mass is 298 g/mol. The molecule has 0 saturated carbocycles. The molecule has 114 valence electrons. The van der Waals surface area contributed by atoms with Crippen LogP contribution in [0.3, 0.4) is 0 Å². The van der Waals surface area contributed by atoms with Gasteiger partial charge in [-0.25, -0.2) is 0 Å². The lowest BCUT2D eigenvalue weighted by Gasteiger charge is -2.29. The minimum atomic E-state index is -2.68. The van der Waals surface area contributed by atoms with E-state index < -0.39 is 8.80 Å². The molecule has 20 heavy (non-hydrogen) atoms. The van der Waals surface area contributed by atoms with Crippen molar-refractivity contribution in [3.05, 3.63) is 29.3 Å². The maximum atomic E-state index is 5.88. The van der Waals surface area contributed by atoms with Gasteiger partial charge in [0.15, 0.2) is 0 Å². The van der Waals surface area contributed by atoms with Crippen LogP contribution in [-0.4, -0.2) is 35.7 Å². The van der Waals surface area contributed by atoms with Crippen LogP contribution in [0.25, 0.3) is 0 Å². The maximum Gasteiger partial charge on any atom is 0.505 e. The third-order valence-electron chi connectivity index (χ3n) is 2.94. The normalized spacial score (nSPS) is 11.7. The van der Waals surface area contributed by atoms with E-state index in [1.54, 1.807) is 7.11 Å². The summed E-state index contributed by atoms with van der Waals surface area (Å²) in [6, 6.07) is 6.79. The minimum absolute atomic E-state index is 0.584. The lowest BCUT2D eigenvalue weighted by molar-refractivity contribution is 0.0702.